The summed E-state index contributed by atoms with van der Waals surface area (Å²) in [4.78, 5) is 4.00. The molecular weight excluding hydrogens is 297 g/mol. The fraction of sp³-hybridized carbons (Fsp3) is 0.154. The van der Waals surface area contributed by atoms with Crippen molar-refractivity contribution in [1.29, 1.82) is 0 Å². The van der Waals surface area contributed by atoms with Crippen LogP contribution in [0.5, 0.6) is 0 Å². The number of halogens is 2. The van der Waals surface area contributed by atoms with E-state index in [9.17, 15) is 4.39 Å². The van der Waals surface area contributed by atoms with Crippen molar-refractivity contribution in [1.82, 2.24) is 4.98 Å². The van der Waals surface area contributed by atoms with Gasteiger partial charge in [0.05, 0.1) is 0 Å². The SMILES string of the molecule is Nc1ncccc1CC(N)c1cc(F)ccc1Br. The van der Waals surface area contributed by atoms with Crippen molar-refractivity contribution in [2.75, 3.05) is 5.73 Å². The molecule has 3 nitrogen and oxygen atoms in total. The average molecular weight is 310 g/mol. The Balaban J connectivity index is 2.25. The Hall–Kier alpha value is -1.46. The number of nitrogens with zero attached hydrogens (tertiary/aromatic N) is 1. The quantitative estimate of drug-likeness (QED) is 0.916. The molecule has 2 rings (SSSR count). The molecule has 5 heteroatoms. The molecule has 0 fully saturated rings. The van der Waals surface area contributed by atoms with Crippen molar-refractivity contribution in [3.63, 3.8) is 0 Å². The molecule has 0 amide bonds. The first-order valence-corrected chi connectivity index (χ1v) is 6.27. The second-order valence-corrected chi connectivity index (χ2v) is 4.88. The molecule has 1 aromatic heterocycles. The fourth-order valence-corrected chi connectivity index (χ4v) is 2.31. The zero-order chi connectivity index (χ0) is 13.1. The van der Waals surface area contributed by atoms with Gasteiger partial charge in [-0.3, -0.25) is 0 Å². The Morgan fingerprint density at radius 2 is 2.11 bits per heavy atom. The monoisotopic (exact) mass is 309 g/mol. The van der Waals surface area contributed by atoms with E-state index in [1.807, 2.05) is 6.07 Å². The molecule has 0 spiro atoms. The van der Waals surface area contributed by atoms with Gasteiger partial charge in [0.25, 0.3) is 0 Å². The number of rotatable bonds is 3. The van der Waals surface area contributed by atoms with Gasteiger partial charge in [-0.05, 0) is 41.8 Å². The second kappa shape index (κ2) is 5.46. The molecule has 1 aromatic carbocycles. The molecule has 0 aliphatic rings. The highest BCUT2D eigenvalue weighted by atomic mass is 79.9. The molecule has 0 aliphatic heterocycles. The highest BCUT2D eigenvalue weighted by molar-refractivity contribution is 9.10. The average Bonchev–Trinajstić information content (AvgIpc) is 2.35. The van der Waals surface area contributed by atoms with Gasteiger partial charge in [-0.15, -0.1) is 0 Å². The number of nitrogen functional groups attached to an aromatic ring is 1. The van der Waals surface area contributed by atoms with Crippen LogP contribution in [0.25, 0.3) is 0 Å². The van der Waals surface area contributed by atoms with Gasteiger partial charge in [-0.1, -0.05) is 22.0 Å². The summed E-state index contributed by atoms with van der Waals surface area (Å²) in [6.45, 7) is 0. The molecule has 0 radical (unpaired) electrons. The smallest absolute Gasteiger partial charge is 0.126 e. The first-order valence-electron chi connectivity index (χ1n) is 5.48. The topological polar surface area (TPSA) is 64.9 Å². The molecule has 2 aromatic rings. The minimum atomic E-state index is -0.332. The van der Waals surface area contributed by atoms with Crippen LogP contribution in [-0.2, 0) is 6.42 Å². The van der Waals surface area contributed by atoms with Crippen LogP contribution in [-0.4, -0.2) is 4.98 Å². The third kappa shape index (κ3) is 2.86. The molecule has 1 heterocycles. The largest absolute Gasteiger partial charge is 0.383 e. The summed E-state index contributed by atoms with van der Waals surface area (Å²) in [5, 5.41) is 0. The predicted octanol–water partition coefficient (Wildman–Crippen LogP) is 2.81. The van der Waals surface area contributed by atoms with E-state index in [4.69, 9.17) is 11.5 Å². The van der Waals surface area contributed by atoms with Gasteiger partial charge in [-0.2, -0.15) is 0 Å². The van der Waals surface area contributed by atoms with E-state index in [0.29, 0.717) is 12.2 Å². The molecule has 0 bridgehead atoms. The predicted molar refractivity (Wildman–Crippen MR) is 73.4 cm³/mol. The number of pyridine rings is 1. The van der Waals surface area contributed by atoms with Gasteiger partial charge in [0, 0.05) is 16.7 Å². The summed E-state index contributed by atoms with van der Waals surface area (Å²) in [7, 11) is 0. The number of aromatic nitrogens is 1. The van der Waals surface area contributed by atoms with E-state index in [1.54, 1.807) is 18.3 Å². The lowest BCUT2D eigenvalue weighted by Gasteiger charge is -2.15. The minimum Gasteiger partial charge on any atom is -0.383 e. The molecular formula is C13H13BrFN3. The van der Waals surface area contributed by atoms with Gasteiger partial charge >= 0.3 is 0 Å². The minimum absolute atomic E-state index is 0.303. The maximum Gasteiger partial charge on any atom is 0.126 e. The van der Waals surface area contributed by atoms with E-state index in [1.165, 1.54) is 12.1 Å². The zero-order valence-corrected chi connectivity index (χ0v) is 11.2. The van der Waals surface area contributed by atoms with Crippen LogP contribution >= 0.6 is 15.9 Å². The highest BCUT2D eigenvalue weighted by Crippen LogP contribution is 2.26. The number of benzene rings is 1. The summed E-state index contributed by atoms with van der Waals surface area (Å²) in [6, 6.07) is 7.81. The Bertz CT molecular complexity index is 560. The standard InChI is InChI=1S/C13H13BrFN3/c14-11-4-3-9(15)7-10(11)12(16)6-8-2-1-5-18-13(8)17/h1-5,7,12H,6,16H2,(H2,17,18). The lowest BCUT2D eigenvalue weighted by molar-refractivity contribution is 0.617. The normalized spacial score (nSPS) is 12.4. The maximum atomic E-state index is 13.2. The van der Waals surface area contributed by atoms with Gasteiger partial charge < -0.3 is 11.5 Å². The summed E-state index contributed by atoms with van der Waals surface area (Å²) in [5.74, 6) is 0.156. The van der Waals surface area contributed by atoms with E-state index in [2.05, 4.69) is 20.9 Å². The van der Waals surface area contributed by atoms with Gasteiger partial charge in [-0.25, -0.2) is 9.37 Å². The van der Waals surface area contributed by atoms with Crippen molar-refractivity contribution >= 4 is 21.7 Å². The Labute approximate surface area is 113 Å². The summed E-state index contributed by atoms with van der Waals surface area (Å²) >= 11 is 3.37. The second-order valence-electron chi connectivity index (χ2n) is 4.02. The summed E-state index contributed by atoms with van der Waals surface area (Å²) in [6.07, 6.45) is 2.14. The molecule has 4 N–H and O–H groups in total. The lowest BCUT2D eigenvalue weighted by atomic mass is 10.00. The molecule has 94 valence electrons. The third-order valence-corrected chi connectivity index (χ3v) is 3.45. The van der Waals surface area contributed by atoms with Crippen LogP contribution in [0.1, 0.15) is 17.2 Å². The van der Waals surface area contributed by atoms with E-state index in [0.717, 1.165) is 15.6 Å². The van der Waals surface area contributed by atoms with Crippen molar-refractivity contribution in [3.8, 4) is 0 Å². The van der Waals surface area contributed by atoms with Crippen LogP contribution < -0.4 is 11.5 Å². The van der Waals surface area contributed by atoms with Gasteiger partial charge in [0.15, 0.2) is 0 Å². The van der Waals surface area contributed by atoms with Gasteiger partial charge in [0.2, 0.25) is 0 Å². The highest BCUT2D eigenvalue weighted by Gasteiger charge is 2.13. The van der Waals surface area contributed by atoms with Crippen molar-refractivity contribution in [2.45, 2.75) is 12.5 Å². The number of anilines is 1. The number of hydrogen-bond donors (Lipinski definition) is 2. The Morgan fingerprint density at radius 1 is 1.33 bits per heavy atom. The van der Waals surface area contributed by atoms with Crippen molar-refractivity contribution in [2.24, 2.45) is 5.73 Å². The summed E-state index contributed by atoms with van der Waals surface area (Å²) in [5.41, 5.74) is 13.4. The molecule has 1 unspecified atom stereocenters. The van der Waals surface area contributed by atoms with E-state index < -0.39 is 0 Å². The van der Waals surface area contributed by atoms with E-state index >= 15 is 0 Å². The Kier molecular flexibility index (Phi) is 3.93. The van der Waals surface area contributed by atoms with Crippen LogP contribution in [0.2, 0.25) is 0 Å². The third-order valence-electron chi connectivity index (χ3n) is 2.72. The lowest BCUT2D eigenvalue weighted by Crippen LogP contribution is -2.15. The zero-order valence-electron chi connectivity index (χ0n) is 9.61. The molecule has 18 heavy (non-hydrogen) atoms. The van der Waals surface area contributed by atoms with Crippen LogP contribution in [0.3, 0.4) is 0 Å². The van der Waals surface area contributed by atoms with Crippen LogP contribution in [0.15, 0.2) is 41.0 Å². The maximum absolute atomic E-state index is 13.2. The van der Waals surface area contributed by atoms with Crippen molar-refractivity contribution in [3.05, 3.63) is 57.9 Å². The molecule has 0 saturated heterocycles. The molecule has 0 saturated carbocycles. The number of nitrogens with two attached hydrogens (primary N) is 2. The number of hydrogen-bond acceptors (Lipinski definition) is 3. The Morgan fingerprint density at radius 3 is 2.83 bits per heavy atom. The van der Waals surface area contributed by atoms with Crippen LogP contribution in [0, 0.1) is 5.82 Å². The fourth-order valence-electron chi connectivity index (χ4n) is 1.77. The molecule has 1 atom stereocenters. The van der Waals surface area contributed by atoms with Crippen LogP contribution in [0.4, 0.5) is 10.2 Å². The first-order chi connectivity index (χ1) is 8.58. The first kappa shape index (κ1) is 13.0. The molecule has 0 aliphatic carbocycles. The van der Waals surface area contributed by atoms with Crippen molar-refractivity contribution < 1.29 is 4.39 Å². The summed E-state index contributed by atoms with van der Waals surface area (Å²) < 4.78 is 14.0. The van der Waals surface area contributed by atoms with Gasteiger partial charge in [0.1, 0.15) is 11.6 Å². The van der Waals surface area contributed by atoms with E-state index in [-0.39, 0.29) is 11.9 Å².